The SMILES string of the molecule is Fc1ccc(C2CCNCC2c2ccccc2)c(Br)c1. The molecule has 3 heteroatoms. The molecule has 0 bridgehead atoms. The Labute approximate surface area is 127 Å². The molecule has 0 radical (unpaired) electrons. The van der Waals surface area contributed by atoms with Gasteiger partial charge >= 0.3 is 0 Å². The molecule has 0 aliphatic carbocycles. The number of hydrogen-bond acceptors (Lipinski definition) is 1. The lowest BCUT2D eigenvalue weighted by Gasteiger charge is -2.33. The summed E-state index contributed by atoms with van der Waals surface area (Å²) in [5, 5.41) is 3.47. The Kier molecular flexibility index (Phi) is 4.18. The highest BCUT2D eigenvalue weighted by atomic mass is 79.9. The summed E-state index contributed by atoms with van der Waals surface area (Å²) in [7, 11) is 0. The summed E-state index contributed by atoms with van der Waals surface area (Å²) in [5.41, 5.74) is 2.56. The standard InChI is InChI=1S/C17H17BrFN/c18-17-10-13(19)6-7-15(17)14-8-9-20-11-16(14)12-4-2-1-3-5-12/h1-7,10,14,16,20H,8-9,11H2. The van der Waals surface area contributed by atoms with Crippen LogP contribution in [0.2, 0.25) is 0 Å². The minimum atomic E-state index is -0.189. The van der Waals surface area contributed by atoms with Gasteiger partial charge in [-0.15, -0.1) is 0 Å². The third-order valence-electron chi connectivity index (χ3n) is 4.07. The van der Waals surface area contributed by atoms with Gasteiger partial charge in [0.2, 0.25) is 0 Å². The molecule has 20 heavy (non-hydrogen) atoms. The van der Waals surface area contributed by atoms with Crippen LogP contribution in [0.15, 0.2) is 53.0 Å². The number of hydrogen-bond donors (Lipinski definition) is 1. The minimum absolute atomic E-state index is 0.189. The molecule has 1 heterocycles. The fraction of sp³-hybridized carbons (Fsp3) is 0.294. The van der Waals surface area contributed by atoms with Crippen molar-refractivity contribution in [1.29, 1.82) is 0 Å². The van der Waals surface area contributed by atoms with Crippen LogP contribution in [0.5, 0.6) is 0 Å². The van der Waals surface area contributed by atoms with Gasteiger partial charge in [-0.25, -0.2) is 4.39 Å². The van der Waals surface area contributed by atoms with Crippen LogP contribution in [-0.2, 0) is 0 Å². The van der Waals surface area contributed by atoms with Gasteiger partial charge in [-0.3, -0.25) is 0 Å². The third-order valence-corrected chi connectivity index (χ3v) is 4.76. The molecule has 1 N–H and O–H groups in total. The van der Waals surface area contributed by atoms with Gasteiger partial charge in [-0.05, 0) is 42.1 Å². The second-order valence-corrected chi connectivity index (χ2v) is 6.14. The van der Waals surface area contributed by atoms with Crippen molar-refractivity contribution in [3.8, 4) is 0 Å². The molecule has 1 fully saturated rings. The molecule has 0 spiro atoms. The normalized spacial score (nSPS) is 22.7. The predicted octanol–water partition coefficient (Wildman–Crippen LogP) is 4.45. The largest absolute Gasteiger partial charge is 0.316 e. The van der Waals surface area contributed by atoms with Gasteiger partial charge in [-0.2, -0.15) is 0 Å². The maximum atomic E-state index is 13.3. The van der Waals surface area contributed by atoms with Crippen LogP contribution in [0.1, 0.15) is 29.4 Å². The van der Waals surface area contributed by atoms with Crippen LogP contribution >= 0.6 is 15.9 Å². The zero-order chi connectivity index (χ0) is 13.9. The lowest BCUT2D eigenvalue weighted by atomic mass is 9.77. The molecule has 3 rings (SSSR count). The van der Waals surface area contributed by atoms with Crippen molar-refractivity contribution in [2.45, 2.75) is 18.3 Å². The van der Waals surface area contributed by atoms with E-state index >= 15 is 0 Å². The van der Waals surface area contributed by atoms with Crippen LogP contribution in [0.3, 0.4) is 0 Å². The van der Waals surface area contributed by atoms with Gasteiger partial charge in [0, 0.05) is 16.9 Å². The van der Waals surface area contributed by atoms with E-state index in [4.69, 9.17) is 0 Å². The molecule has 1 nitrogen and oxygen atoms in total. The Morgan fingerprint density at radius 2 is 1.85 bits per heavy atom. The van der Waals surface area contributed by atoms with E-state index in [1.54, 1.807) is 12.1 Å². The molecular weight excluding hydrogens is 317 g/mol. The molecule has 0 saturated carbocycles. The summed E-state index contributed by atoms with van der Waals surface area (Å²) in [6.07, 6.45) is 1.07. The first-order chi connectivity index (χ1) is 9.75. The Balaban J connectivity index is 1.97. The molecule has 2 aromatic carbocycles. The summed E-state index contributed by atoms with van der Waals surface area (Å²) in [4.78, 5) is 0. The van der Waals surface area contributed by atoms with E-state index in [9.17, 15) is 4.39 Å². The van der Waals surface area contributed by atoms with Crippen LogP contribution in [0, 0.1) is 5.82 Å². The molecule has 0 aromatic heterocycles. The molecular formula is C17H17BrFN. The van der Waals surface area contributed by atoms with Crippen molar-refractivity contribution in [3.05, 3.63) is 69.9 Å². The smallest absolute Gasteiger partial charge is 0.124 e. The zero-order valence-electron chi connectivity index (χ0n) is 11.2. The predicted molar refractivity (Wildman–Crippen MR) is 83.5 cm³/mol. The monoisotopic (exact) mass is 333 g/mol. The maximum absolute atomic E-state index is 13.3. The number of piperidine rings is 1. The van der Waals surface area contributed by atoms with Crippen LogP contribution < -0.4 is 5.32 Å². The molecule has 2 atom stereocenters. The average Bonchev–Trinajstić information content (AvgIpc) is 2.48. The summed E-state index contributed by atoms with van der Waals surface area (Å²) in [5.74, 6) is 0.672. The van der Waals surface area contributed by atoms with E-state index in [-0.39, 0.29) is 5.82 Å². The Morgan fingerprint density at radius 1 is 1.05 bits per heavy atom. The molecule has 2 unspecified atom stereocenters. The van der Waals surface area contributed by atoms with Crippen molar-refractivity contribution in [2.75, 3.05) is 13.1 Å². The van der Waals surface area contributed by atoms with E-state index in [1.165, 1.54) is 11.1 Å². The topological polar surface area (TPSA) is 12.0 Å². The first kappa shape index (κ1) is 13.8. The van der Waals surface area contributed by atoms with Crippen LogP contribution in [0.4, 0.5) is 4.39 Å². The van der Waals surface area contributed by atoms with Gasteiger partial charge in [0.1, 0.15) is 5.82 Å². The van der Waals surface area contributed by atoms with Crippen molar-refractivity contribution in [1.82, 2.24) is 5.32 Å². The van der Waals surface area contributed by atoms with Gasteiger partial charge in [-0.1, -0.05) is 52.3 Å². The summed E-state index contributed by atoms with van der Waals surface area (Å²) >= 11 is 3.52. The number of benzene rings is 2. The second-order valence-electron chi connectivity index (χ2n) is 5.28. The lowest BCUT2D eigenvalue weighted by molar-refractivity contribution is 0.403. The third kappa shape index (κ3) is 2.79. The van der Waals surface area contributed by atoms with Crippen LogP contribution in [-0.4, -0.2) is 13.1 Å². The molecule has 104 valence electrons. The van der Waals surface area contributed by atoms with E-state index in [0.29, 0.717) is 11.8 Å². The van der Waals surface area contributed by atoms with E-state index in [2.05, 4.69) is 45.5 Å². The lowest BCUT2D eigenvalue weighted by Crippen LogP contribution is -2.34. The molecule has 1 aliphatic rings. The van der Waals surface area contributed by atoms with E-state index in [0.717, 1.165) is 24.0 Å². The summed E-state index contributed by atoms with van der Waals surface area (Å²) in [6, 6.07) is 15.6. The van der Waals surface area contributed by atoms with Crippen molar-refractivity contribution in [2.24, 2.45) is 0 Å². The average molecular weight is 334 g/mol. The highest BCUT2D eigenvalue weighted by Crippen LogP contribution is 2.40. The van der Waals surface area contributed by atoms with Gasteiger partial charge in [0.05, 0.1) is 0 Å². The molecule has 1 saturated heterocycles. The van der Waals surface area contributed by atoms with Gasteiger partial charge in [0.15, 0.2) is 0 Å². The Morgan fingerprint density at radius 3 is 2.60 bits per heavy atom. The highest BCUT2D eigenvalue weighted by Gasteiger charge is 2.28. The minimum Gasteiger partial charge on any atom is -0.316 e. The van der Waals surface area contributed by atoms with Crippen molar-refractivity contribution < 1.29 is 4.39 Å². The van der Waals surface area contributed by atoms with Crippen molar-refractivity contribution in [3.63, 3.8) is 0 Å². The first-order valence-electron chi connectivity index (χ1n) is 6.96. The van der Waals surface area contributed by atoms with Gasteiger partial charge in [0.25, 0.3) is 0 Å². The molecule has 0 amide bonds. The Hall–Kier alpha value is -1.19. The quantitative estimate of drug-likeness (QED) is 0.856. The maximum Gasteiger partial charge on any atom is 0.124 e. The van der Waals surface area contributed by atoms with E-state index < -0.39 is 0 Å². The number of nitrogens with one attached hydrogen (secondary N) is 1. The van der Waals surface area contributed by atoms with Crippen LogP contribution in [0.25, 0.3) is 0 Å². The fourth-order valence-corrected chi connectivity index (χ4v) is 3.73. The number of rotatable bonds is 2. The summed E-state index contributed by atoms with van der Waals surface area (Å²) in [6.45, 7) is 1.98. The van der Waals surface area contributed by atoms with Crippen molar-refractivity contribution >= 4 is 15.9 Å². The fourth-order valence-electron chi connectivity index (χ4n) is 3.08. The molecule has 1 aliphatic heterocycles. The highest BCUT2D eigenvalue weighted by molar-refractivity contribution is 9.10. The van der Waals surface area contributed by atoms with Gasteiger partial charge < -0.3 is 5.32 Å². The summed E-state index contributed by atoms with van der Waals surface area (Å²) < 4.78 is 14.2. The first-order valence-corrected chi connectivity index (χ1v) is 7.75. The molecule has 2 aromatic rings. The van der Waals surface area contributed by atoms with E-state index in [1.807, 2.05) is 12.1 Å². The zero-order valence-corrected chi connectivity index (χ0v) is 12.7. The Bertz CT molecular complexity index is 585. The second kappa shape index (κ2) is 6.06. The number of halogens is 2.